The summed E-state index contributed by atoms with van der Waals surface area (Å²) in [4.78, 5) is 12.0. The van der Waals surface area contributed by atoms with E-state index in [9.17, 15) is 4.79 Å². The summed E-state index contributed by atoms with van der Waals surface area (Å²) in [6, 6.07) is 18.2. The number of benzene rings is 2. The van der Waals surface area contributed by atoms with Crippen molar-refractivity contribution in [3.05, 3.63) is 66.4 Å². The van der Waals surface area contributed by atoms with E-state index in [4.69, 9.17) is 0 Å². The Morgan fingerprint density at radius 1 is 0.739 bits per heavy atom. The van der Waals surface area contributed by atoms with E-state index in [1.54, 1.807) is 0 Å². The van der Waals surface area contributed by atoms with Gasteiger partial charge >= 0.3 is 0 Å². The van der Waals surface area contributed by atoms with Gasteiger partial charge in [-0.3, -0.25) is 4.79 Å². The molecule has 0 unspecified atom stereocenters. The Morgan fingerprint density at radius 2 is 1.39 bits per heavy atom. The molecule has 0 aromatic heterocycles. The molecule has 0 radical (unpaired) electrons. The number of para-hydroxylation sites is 1. The summed E-state index contributed by atoms with van der Waals surface area (Å²) in [6.07, 6.45) is 6.75. The number of allylic oxidation sites excluding steroid dienone is 1. The molecule has 2 aromatic carbocycles. The Labute approximate surface area is 137 Å². The zero-order valence-corrected chi connectivity index (χ0v) is 13.2. The predicted octanol–water partition coefficient (Wildman–Crippen LogP) is 5.26. The zero-order chi connectivity index (χ0) is 15.9. The highest BCUT2D eigenvalue weighted by Crippen LogP contribution is 2.21. The molecule has 1 fully saturated rings. The quantitative estimate of drug-likeness (QED) is 0.598. The lowest BCUT2D eigenvalue weighted by molar-refractivity contribution is -0.115. The van der Waals surface area contributed by atoms with Crippen LogP contribution < -0.4 is 10.6 Å². The summed E-state index contributed by atoms with van der Waals surface area (Å²) in [7, 11) is 0. The molecule has 0 atom stereocenters. The maximum Gasteiger partial charge on any atom is 0.160 e. The number of carbonyl (C=O) groups is 1. The van der Waals surface area contributed by atoms with E-state index in [-0.39, 0.29) is 5.78 Å². The van der Waals surface area contributed by atoms with Gasteiger partial charge in [0.1, 0.15) is 0 Å². The highest BCUT2D eigenvalue weighted by molar-refractivity contribution is 5.95. The average Bonchev–Trinajstić information content (AvgIpc) is 2.79. The van der Waals surface area contributed by atoms with Gasteiger partial charge in [0, 0.05) is 35.3 Å². The molecule has 2 aromatic rings. The zero-order valence-electron chi connectivity index (χ0n) is 13.2. The first kappa shape index (κ1) is 15.3. The minimum atomic E-state index is 0.289. The SMILES string of the molecule is O=C1CCCCCC1=CNc1ccc(Nc2ccccc2)cc1. The fourth-order valence-electron chi connectivity index (χ4n) is 2.74. The molecule has 2 N–H and O–H groups in total. The largest absolute Gasteiger partial charge is 0.361 e. The van der Waals surface area contributed by atoms with Gasteiger partial charge in [0.25, 0.3) is 0 Å². The summed E-state index contributed by atoms with van der Waals surface area (Å²) in [6.45, 7) is 0. The van der Waals surface area contributed by atoms with Gasteiger partial charge in [-0.25, -0.2) is 0 Å². The molecule has 0 aliphatic heterocycles. The van der Waals surface area contributed by atoms with Crippen molar-refractivity contribution in [2.45, 2.75) is 32.1 Å². The second kappa shape index (κ2) is 7.63. The standard InChI is InChI=1S/C20H22N2O/c23-20-10-6-1-3-7-16(20)15-21-17-11-13-19(14-12-17)22-18-8-4-2-5-9-18/h2,4-5,8-9,11-15,21-22H,1,3,6-7,10H2. The maximum absolute atomic E-state index is 12.0. The summed E-state index contributed by atoms with van der Waals surface area (Å²) in [5.74, 6) is 0.289. The fourth-order valence-corrected chi connectivity index (χ4v) is 2.74. The maximum atomic E-state index is 12.0. The average molecular weight is 306 g/mol. The molecular formula is C20H22N2O. The topological polar surface area (TPSA) is 41.1 Å². The summed E-state index contributed by atoms with van der Waals surface area (Å²) in [5, 5.41) is 6.61. The first-order valence-electron chi connectivity index (χ1n) is 8.22. The lowest BCUT2D eigenvalue weighted by Gasteiger charge is -2.08. The Bertz CT molecular complexity index is 675. The highest BCUT2D eigenvalue weighted by atomic mass is 16.1. The van der Waals surface area contributed by atoms with E-state index < -0.39 is 0 Å². The van der Waals surface area contributed by atoms with E-state index in [2.05, 4.69) is 10.6 Å². The van der Waals surface area contributed by atoms with Crippen LogP contribution in [0.1, 0.15) is 32.1 Å². The normalized spacial score (nSPS) is 16.9. The molecular weight excluding hydrogens is 284 g/mol. The monoisotopic (exact) mass is 306 g/mol. The van der Waals surface area contributed by atoms with Crippen molar-refractivity contribution in [2.24, 2.45) is 0 Å². The number of carbonyl (C=O) groups excluding carboxylic acids is 1. The van der Waals surface area contributed by atoms with Crippen LogP contribution in [-0.2, 0) is 4.79 Å². The van der Waals surface area contributed by atoms with Crippen LogP contribution in [0.3, 0.4) is 0 Å². The highest BCUT2D eigenvalue weighted by Gasteiger charge is 2.12. The number of hydrogen-bond acceptors (Lipinski definition) is 3. The predicted molar refractivity (Wildman–Crippen MR) is 96.0 cm³/mol. The smallest absolute Gasteiger partial charge is 0.160 e. The van der Waals surface area contributed by atoms with Gasteiger partial charge in [-0.1, -0.05) is 24.6 Å². The molecule has 118 valence electrons. The van der Waals surface area contributed by atoms with Crippen LogP contribution in [-0.4, -0.2) is 5.78 Å². The summed E-state index contributed by atoms with van der Waals surface area (Å²) < 4.78 is 0. The molecule has 3 rings (SSSR count). The fraction of sp³-hybridized carbons (Fsp3) is 0.250. The molecule has 0 bridgehead atoms. The van der Waals surface area contributed by atoms with Gasteiger partial charge in [0.05, 0.1) is 0 Å². The van der Waals surface area contributed by atoms with Crippen LogP contribution in [0.2, 0.25) is 0 Å². The Balaban J connectivity index is 1.62. The lowest BCUT2D eigenvalue weighted by atomic mass is 10.1. The molecule has 3 nitrogen and oxygen atoms in total. The van der Waals surface area contributed by atoms with Crippen LogP contribution in [0.4, 0.5) is 17.1 Å². The molecule has 0 heterocycles. The molecule has 0 spiro atoms. The van der Waals surface area contributed by atoms with Crippen LogP contribution in [0.15, 0.2) is 66.4 Å². The third-order valence-electron chi connectivity index (χ3n) is 4.07. The number of hydrogen-bond donors (Lipinski definition) is 2. The molecule has 0 amide bonds. The van der Waals surface area contributed by atoms with E-state index in [1.807, 2.05) is 60.8 Å². The van der Waals surface area contributed by atoms with Gasteiger partial charge in [-0.2, -0.15) is 0 Å². The third-order valence-corrected chi connectivity index (χ3v) is 4.07. The first-order valence-corrected chi connectivity index (χ1v) is 8.22. The van der Waals surface area contributed by atoms with Gasteiger partial charge in [-0.05, 0) is 55.7 Å². The molecule has 0 saturated heterocycles. The molecule has 1 aliphatic carbocycles. The number of Topliss-reactive ketones (excluding diaryl/α,β-unsaturated/α-hetero) is 1. The number of anilines is 3. The Morgan fingerprint density at radius 3 is 2.17 bits per heavy atom. The molecule has 3 heteroatoms. The van der Waals surface area contributed by atoms with Crippen molar-refractivity contribution in [1.82, 2.24) is 0 Å². The Kier molecular flexibility index (Phi) is 5.09. The first-order chi connectivity index (χ1) is 11.3. The van der Waals surface area contributed by atoms with Gasteiger partial charge in [-0.15, -0.1) is 0 Å². The number of ketones is 1. The van der Waals surface area contributed by atoms with Crippen molar-refractivity contribution in [2.75, 3.05) is 10.6 Å². The van der Waals surface area contributed by atoms with E-state index >= 15 is 0 Å². The van der Waals surface area contributed by atoms with E-state index in [0.717, 1.165) is 48.3 Å². The van der Waals surface area contributed by atoms with Crippen molar-refractivity contribution in [1.29, 1.82) is 0 Å². The summed E-state index contributed by atoms with van der Waals surface area (Å²) in [5.41, 5.74) is 4.03. The van der Waals surface area contributed by atoms with Crippen LogP contribution in [0.5, 0.6) is 0 Å². The van der Waals surface area contributed by atoms with E-state index in [1.165, 1.54) is 0 Å². The molecule has 1 saturated carbocycles. The van der Waals surface area contributed by atoms with Crippen molar-refractivity contribution in [3.8, 4) is 0 Å². The minimum absolute atomic E-state index is 0.289. The van der Waals surface area contributed by atoms with Crippen molar-refractivity contribution in [3.63, 3.8) is 0 Å². The summed E-state index contributed by atoms with van der Waals surface area (Å²) >= 11 is 0. The van der Waals surface area contributed by atoms with Crippen LogP contribution in [0.25, 0.3) is 0 Å². The second-order valence-electron chi connectivity index (χ2n) is 5.87. The van der Waals surface area contributed by atoms with Crippen molar-refractivity contribution < 1.29 is 4.79 Å². The lowest BCUT2D eigenvalue weighted by Crippen LogP contribution is -2.02. The number of nitrogens with one attached hydrogen (secondary N) is 2. The number of rotatable bonds is 4. The van der Waals surface area contributed by atoms with Crippen LogP contribution in [0, 0.1) is 0 Å². The second-order valence-corrected chi connectivity index (χ2v) is 5.87. The van der Waals surface area contributed by atoms with Gasteiger partial charge < -0.3 is 10.6 Å². The van der Waals surface area contributed by atoms with Gasteiger partial charge in [0.15, 0.2) is 5.78 Å². The Hall–Kier alpha value is -2.55. The molecule has 23 heavy (non-hydrogen) atoms. The molecule has 1 aliphatic rings. The third kappa shape index (κ3) is 4.46. The van der Waals surface area contributed by atoms with Crippen molar-refractivity contribution >= 4 is 22.8 Å². The van der Waals surface area contributed by atoms with Crippen LogP contribution >= 0.6 is 0 Å². The minimum Gasteiger partial charge on any atom is -0.361 e. The van der Waals surface area contributed by atoms with E-state index in [0.29, 0.717) is 6.42 Å². The van der Waals surface area contributed by atoms with Gasteiger partial charge in [0.2, 0.25) is 0 Å².